The number of ether oxygens (including phenoxy) is 1. The Morgan fingerprint density at radius 1 is 1.32 bits per heavy atom. The lowest BCUT2D eigenvalue weighted by atomic mass is 9.99. The summed E-state index contributed by atoms with van der Waals surface area (Å²) in [6.07, 6.45) is 1.31. The third-order valence-corrected chi connectivity index (χ3v) is 5.91. The molecule has 6 nitrogen and oxygen atoms in total. The maximum absolute atomic E-state index is 11.9. The number of nitrogens with zero attached hydrogens (tertiary/aromatic N) is 3. The normalized spacial score (nSPS) is 30.5. The lowest BCUT2D eigenvalue weighted by molar-refractivity contribution is -0.0977. The maximum atomic E-state index is 11.9. The summed E-state index contributed by atoms with van der Waals surface area (Å²) in [6, 6.07) is 0.338. The Hall–Kier alpha value is -0.210. The van der Waals surface area contributed by atoms with Gasteiger partial charge in [-0.1, -0.05) is 0 Å². The first-order chi connectivity index (χ1) is 8.90. The van der Waals surface area contributed by atoms with Crippen molar-refractivity contribution in [2.75, 3.05) is 59.7 Å². The predicted molar refractivity (Wildman–Crippen MR) is 74.7 cm³/mol. The van der Waals surface area contributed by atoms with E-state index in [1.807, 2.05) is 0 Å². The molecule has 2 saturated heterocycles. The van der Waals surface area contributed by atoms with Crippen molar-refractivity contribution in [2.24, 2.45) is 0 Å². The Labute approximate surface area is 116 Å². The van der Waals surface area contributed by atoms with E-state index in [0.717, 1.165) is 26.1 Å². The number of likely N-dealkylation sites (N-methyl/N-ethyl adjacent to an activating group) is 1. The van der Waals surface area contributed by atoms with E-state index in [9.17, 15) is 8.42 Å². The fourth-order valence-corrected chi connectivity index (χ4v) is 3.62. The van der Waals surface area contributed by atoms with Crippen molar-refractivity contribution in [1.29, 1.82) is 0 Å². The quantitative estimate of drug-likeness (QED) is 0.684. The Morgan fingerprint density at radius 3 is 2.74 bits per heavy atom. The molecule has 2 rings (SSSR count). The average Bonchev–Trinajstić information content (AvgIpc) is 2.36. The van der Waals surface area contributed by atoms with Crippen LogP contribution in [0.5, 0.6) is 0 Å². The number of hydrogen-bond acceptors (Lipinski definition) is 5. The molecule has 2 atom stereocenters. The van der Waals surface area contributed by atoms with Crippen LogP contribution in [0, 0.1) is 0 Å². The Morgan fingerprint density at radius 2 is 2.05 bits per heavy atom. The zero-order valence-electron chi connectivity index (χ0n) is 12.1. The van der Waals surface area contributed by atoms with Gasteiger partial charge < -0.3 is 9.64 Å². The van der Waals surface area contributed by atoms with Crippen LogP contribution in [0.2, 0.25) is 0 Å². The third-order valence-electron chi connectivity index (χ3n) is 4.10. The van der Waals surface area contributed by atoms with Gasteiger partial charge in [-0.2, -0.15) is 0 Å². The van der Waals surface area contributed by atoms with Crippen LogP contribution in [0.3, 0.4) is 0 Å². The number of morpholine rings is 1. The van der Waals surface area contributed by atoms with Crippen LogP contribution in [-0.2, 0) is 14.8 Å². The zero-order chi connectivity index (χ0) is 14.0. The molecule has 0 aromatic rings. The molecule has 0 aliphatic carbocycles. The molecular weight excluding hydrogens is 266 g/mol. The highest BCUT2D eigenvalue weighted by molar-refractivity contribution is 7.89. The van der Waals surface area contributed by atoms with Crippen LogP contribution >= 0.6 is 0 Å². The summed E-state index contributed by atoms with van der Waals surface area (Å²) in [6.45, 7) is 4.17. The second-order valence-electron chi connectivity index (χ2n) is 5.66. The van der Waals surface area contributed by atoms with E-state index in [1.54, 1.807) is 14.1 Å². The van der Waals surface area contributed by atoms with Gasteiger partial charge in [0.05, 0.1) is 18.5 Å². The number of likely N-dealkylation sites (tertiary alicyclic amines) is 1. The molecule has 0 spiro atoms. The highest BCUT2D eigenvalue weighted by Crippen LogP contribution is 2.22. The SMILES string of the molecule is CN1CCC2OCCN(CCS(=O)(=O)N(C)C)C2C1. The number of rotatable bonds is 4. The van der Waals surface area contributed by atoms with Gasteiger partial charge in [0.15, 0.2) is 0 Å². The van der Waals surface area contributed by atoms with Crippen LogP contribution in [-0.4, -0.2) is 94.4 Å². The van der Waals surface area contributed by atoms with E-state index in [1.165, 1.54) is 4.31 Å². The molecule has 2 unspecified atom stereocenters. The topological polar surface area (TPSA) is 53.1 Å². The second-order valence-corrected chi connectivity index (χ2v) is 7.96. The molecule has 2 aliphatic rings. The van der Waals surface area contributed by atoms with Crippen molar-refractivity contribution >= 4 is 10.0 Å². The molecule has 2 aliphatic heterocycles. The fraction of sp³-hybridized carbons (Fsp3) is 1.00. The largest absolute Gasteiger partial charge is 0.375 e. The first kappa shape index (κ1) is 15.2. The monoisotopic (exact) mass is 291 g/mol. The number of piperidine rings is 1. The van der Waals surface area contributed by atoms with Gasteiger partial charge in [-0.25, -0.2) is 12.7 Å². The van der Waals surface area contributed by atoms with Gasteiger partial charge in [0, 0.05) is 46.3 Å². The molecule has 0 aromatic carbocycles. The summed E-state index contributed by atoms with van der Waals surface area (Å²) >= 11 is 0. The first-order valence-corrected chi connectivity index (χ1v) is 8.45. The minimum absolute atomic E-state index is 0.187. The Kier molecular flexibility index (Phi) is 4.84. The van der Waals surface area contributed by atoms with Gasteiger partial charge in [-0.15, -0.1) is 0 Å². The van der Waals surface area contributed by atoms with Crippen LogP contribution < -0.4 is 0 Å². The van der Waals surface area contributed by atoms with Gasteiger partial charge in [0.2, 0.25) is 10.0 Å². The molecule has 0 saturated carbocycles. The van der Waals surface area contributed by atoms with Crippen molar-refractivity contribution in [3.05, 3.63) is 0 Å². The van der Waals surface area contributed by atoms with Crippen LogP contribution in [0.4, 0.5) is 0 Å². The molecule has 2 fully saturated rings. The van der Waals surface area contributed by atoms with Crippen LogP contribution in [0.15, 0.2) is 0 Å². The van der Waals surface area contributed by atoms with Gasteiger partial charge in [0.25, 0.3) is 0 Å². The van der Waals surface area contributed by atoms with Crippen molar-refractivity contribution in [1.82, 2.24) is 14.1 Å². The molecule has 0 amide bonds. The van der Waals surface area contributed by atoms with Crippen LogP contribution in [0.25, 0.3) is 0 Å². The molecule has 0 radical (unpaired) electrons. The standard InChI is InChI=1S/C12H25N3O3S/c1-13(2)19(16,17)9-7-15-6-8-18-12-4-5-14(3)10-11(12)15/h11-12H,4-10H2,1-3H3. The predicted octanol–water partition coefficient (Wildman–Crippen LogP) is -0.717. The lowest BCUT2D eigenvalue weighted by Gasteiger charge is -2.46. The second kappa shape index (κ2) is 6.05. The zero-order valence-corrected chi connectivity index (χ0v) is 12.9. The average molecular weight is 291 g/mol. The summed E-state index contributed by atoms with van der Waals surface area (Å²) < 4.78 is 30.8. The van der Waals surface area contributed by atoms with Gasteiger partial charge in [-0.3, -0.25) is 4.90 Å². The van der Waals surface area contributed by atoms with Crippen molar-refractivity contribution < 1.29 is 13.2 Å². The van der Waals surface area contributed by atoms with Gasteiger partial charge >= 0.3 is 0 Å². The van der Waals surface area contributed by atoms with E-state index < -0.39 is 10.0 Å². The van der Waals surface area contributed by atoms with Crippen molar-refractivity contribution in [3.63, 3.8) is 0 Å². The van der Waals surface area contributed by atoms with Gasteiger partial charge in [0.1, 0.15) is 0 Å². The number of sulfonamides is 1. The van der Waals surface area contributed by atoms with Crippen molar-refractivity contribution in [2.45, 2.75) is 18.6 Å². The molecule has 0 bridgehead atoms. The minimum atomic E-state index is -3.11. The van der Waals surface area contributed by atoms with Crippen molar-refractivity contribution in [3.8, 4) is 0 Å². The minimum Gasteiger partial charge on any atom is -0.375 e. The van der Waals surface area contributed by atoms with E-state index in [2.05, 4.69) is 16.8 Å². The van der Waals surface area contributed by atoms with Gasteiger partial charge in [-0.05, 0) is 13.5 Å². The van der Waals surface area contributed by atoms with E-state index >= 15 is 0 Å². The molecule has 0 N–H and O–H groups in total. The Balaban J connectivity index is 1.95. The molecule has 19 heavy (non-hydrogen) atoms. The lowest BCUT2D eigenvalue weighted by Crippen LogP contribution is -2.60. The highest BCUT2D eigenvalue weighted by Gasteiger charge is 2.36. The molecule has 7 heteroatoms. The summed E-state index contributed by atoms with van der Waals surface area (Å²) in [5.41, 5.74) is 0. The fourth-order valence-electron chi connectivity index (χ4n) is 2.79. The first-order valence-electron chi connectivity index (χ1n) is 6.84. The van der Waals surface area contributed by atoms with E-state index in [-0.39, 0.29) is 11.9 Å². The Bertz CT molecular complexity index is 399. The van der Waals surface area contributed by atoms with Crippen LogP contribution in [0.1, 0.15) is 6.42 Å². The smallest absolute Gasteiger partial charge is 0.214 e. The molecule has 2 heterocycles. The number of hydrogen-bond donors (Lipinski definition) is 0. The summed E-state index contributed by atoms with van der Waals surface area (Å²) in [4.78, 5) is 4.58. The molecule has 0 aromatic heterocycles. The number of fused-ring (bicyclic) bond motifs is 1. The summed E-state index contributed by atoms with van der Waals surface area (Å²) in [7, 11) is 2.18. The molecular formula is C12H25N3O3S. The van der Waals surface area contributed by atoms with E-state index in [4.69, 9.17) is 4.74 Å². The van der Waals surface area contributed by atoms with E-state index in [0.29, 0.717) is 19.2 Å². The summed E-state index contributed by atoms with van der Waals surface area (Å²) in [5, 5.41) is 0. The summed E-state index contributed by atoms with van der Waals surface area (Å²) in [5.74, 6) is 0.187. The third kappa shape index (κ3) is 3.66. The molecule has 112 valence electrons. The highest BCUT2D eigenvalue weighted by atomic mass is 32.2. The maximum Gasteiger partial charge on any atom is 0.214 e.